The van der Waals surface area contributed by atoms with Crippen molar-refractivity contribution >= 4 is 29.3 Å². The number of halogens is 2. The van der Waals surface area contributed by atoms with Crippen LogP contribution in [0.25, 0.3) is 6.08 Å². The second-order valence-corrected chi connectivity index (χ2v) is 3.19. The van der Waals surface area contributed by atoms with Gasteiger partial charge in [0.2, 0.25) is 0 Å². The lowest BCUT2D eigenvalue weighted by atomic mass is 10.2. The molecule has 0 aliphatic heterocycles. The minimum atomic E-state index is 0.470. The lowest BCUT2D eigenvalue weighted by Gasteiger charge is -2.00. The van der Waals surface area contributed by atoms with Crippen LogP contribution in [0.15, 0.2) is 12.1 Å². The summed E-state index contributed by atoms with van der Waals surface area (Å²) >= 11 is 11.6. The van der Waals surface area contributed by atoms with Gasteiger partial charge >= 0.3 is 0 Å². The first-order chi connectivity index (χ1) is 5.27. The van der Waals surface area contributed by atoms with E-state index < -0.39 is 0 Å². The molecule has 0 unspecified atom stereocenters. The van der Waals surface area contributed by atoms with Crippen molar-refractivity contribution in [1.29, 1.82) is 0 Å². The Kier molecular flexibility index (Phi) is 1.63. The maximum atomic E-state index is 5.90. The van der Waals surface area contributed by atoms with Crippen molar-refractivity contribution in [2.24, 2.45) is 0 Å². The predicted molar refractivity (Wildman–Crippen MR) is 47.0 cm³/mol. The van der Waals surface area contributed by atoms with Gasteiger partial charge in [-0.05, 0) is 6.07 Å². The molecule has 1 nitrogen and oxygen atoms in total. The molecule has 0 N–H and O–H groups in total. The zero-order valence-corrected chi connectivity index (χ0v) is 7.15. The second kappa shape index (κ2) is 2.50. The Morgan fingerprint density at radius 1 is 1.36 bits per heavy atom. The molecule has 2 rings (SSSR count). The van der Waals surface area contributed by atoms with Crippen molar-refractivity contribution in [3.63, 3.8) is 0 Å². The molecule has 3 heteroatoms. The number of aromatic nitrogens is 1. The molecule has 0 aromatic carbocycles. The van der Waals surface area contributed by atoms with Gasteiger partial charge in [0.05, 0.1) is 10.7 Å². The quantitative estimate of drug-likeness (QED) is 0.567. The first-order valence-electron chi connectivity index (χ1n) is 3.29. The first kappa shape index (κ1) is 7.14. The van der Waals surface area contributed by atoms with Gasteiger partial charge in [-0.1, -0.05) is 35.4 Å². The Morgan fingerprint density at radius 3 is 3.00 bits per heavy atom. The van der Waals surface area contributed by atoms with Gasteiger partial charge in [0.25, 0.3) is 0 Å². The lowest BCUT2D eigenvalue weighted by molar-refractivity contribution is 1.13. The van der Waals surface area contributed by atoms with Crippen molar-refractivity contribution in [1.82, 2.24) is 4.98 Å². The molecule has 11 heavy (non-hydrogen) atoms. The van der Waals surface area contributed by atoms with Crippen LogP contribution in [0.4, 0.5) is 0 Å². The van der Waals surface area contributed by atoms with Crippen molar-refractivity contribution in [3.8, 4) is 0 Å². The number of nitrogens with zero attached hydrogens (tertiary/aromatic N) is 1. The molecule has 56 valence electrons. The highest BCUT2D eigenvalue weighted by molar-refractivity contribution is 6.35. The smallest absolute Gasteiger partial charge is 0.130 e. The van der Waals surface area contributed by atoms with E-state index in [0.717, 1.165) is 17.7 Å². The van der Waals surface area contributed by atoms with Crippen LogP contribution in [0.1, 0.15) is 11.3 Å². The number of hydrogen-bond acceptors (Lipinski definition) is 1. The van der Waals surface area contributed by atoms with Crippen molar-refractivity contribution < 1.29 is 0 Å². The Labute approximate surface area is 74.7 Å². The third-order valence-corrected chi connectivity index (χ3v) is 2.16. The minimum Gasteiger partial charge on any atom is -0.240 e. The third kappa shape index (κ3) is 1.15. The highest BCUT2D eigenvalue weighted by Gasteiger charge is 2.10. The SMILES string of the molecule is Clc1cc(Cl)c2c(n1)CC=C2. The Bertz CT molecular complexity index is 331. The highest BCUT2D eigenvalue weighted by Crippen LogP contribution is 2.27. The van der Waals surface area contributed by atoms with E-state index >= 15 is 0 Å². The van der Waals surface area contributed by atoms with Crippen LogP contribution in [-0.2, 0) is 6.42 Å². The average Bonchev–Trinajstić information content (AvgIpc) is 2.34. The number of hydrogen-bond donors (Lipinski definition) is 0. The molecule has 0 bridgehead atoms. The fraction of sp³-hybridized carbons (Fsp3) is 0.125. The molecule has 1 aromatic rings. The molecule has 0 radical (unpaired) electrons. The standard InChI is InChI=1S/C8H5Cl2N/c9-6-4-8(10)11-7-3-1-2-5(6)7/h1-2,4H,3H2. The van der Waals surface area contributed by atoms with Crippen molar-refractivity contribution in [3.05, 3.63) is 33.6 Å². The molecule has 0 amide bonds. The summed E-state index contributed by atoms with van der Waals surface area (Å²) < 4.78 is 0. The van der Waals surface area contributed by atoms with Gasteiger partial charge in [0.15, 0.2) is 0 Å². The van der Waals surface area contributed by atoms with E-state index in [1.807, 2.05) is 12.2 Å². The molecule has 0 atom stereocenters. The number of allylic oxidation sites excluding steroid dienone is 1. The summed E-state index contributed by atoms with van der Waals surface area (Å²) in [5, 5.41) is 1.16. The second-order valence-electron chi connectivity index (χ2n) is 2.39. The van der Waals surface area contributed by atoms with Gasteiger partial charge in [0.1, 0.15) is 5.15 Å². The van der Waals surface area contributed by atoms with E-state index in [9.17, 15) is 0 Å². The van der Waals surface area contributed by atoms with Gasteiger partial charge < -0.3 is 0 Å². The summed E-state index contributed by atoms with van der Waals surface area (Å²) in [5.74, 6) is 0. The van der Waals surface area contributed by atoms with E-state index in [-0.39, 0.29) is 0 Å². The predicted octanol–water partition coefficient (Wildman–Crippen LogP) is 2.96. The van der Waals surface area contributed by atoms with Gasteiger partial charge in [-0.3, -0.25) is 0 Å². The molecular weight excluding hydrogens is 181 g/mol. The van der Waals surface area contributed by atoms with E-state index in [0.29, 0.717) is 10.2 Å². The van der Waals surface area contributed by atoms with Crippen molar-refractivity contribution in [2.75, 3.05) is 0 Å². The summed E-state index contributed by atoms with van der Waals surface area (Å²) in [5.41, 5.74) is 1.98. The van der Waals surface area contributed by atoms with Gasteiger partial charge in [-0.15, -0.1) is 0 Å². The molecule has 1 heterocycles. The normalized spacial score (nSPS) is 13.6. The van der Waals surface area contributed by atoms with Gasteiger partial charge in [-0.2, -0.15) is 0 Å². The zero-order valence-electron chi connectivity index (χ0n) is 5.64. The molecule has 1 aliphatic rings. The molecule has 0 saturated heterocycles. The highest BCUT2D eigenvalue weighted by atomic mass is 35.5. The molecule has 1 aromatic heterocycles. The topological polar surface area (TPSA) is 12.9 Å². The van der Waals surface area contributed by atoms with Crippen molar-refractivity contribution in [2.45, 2.75) is 6.42 Å². The third-order valence-electron chi connectivity index (χ3n) is 1.65. The van der Waals surface area contributed by atoms with E-state index in [1.165, 1.54) is 0 Å². The maximum absolute atomic E-state index is 5.90. The monoisotopic (exact) mass is 185 g/mol. The lowest BCUT2D eigenvalue weighted by Crippen LogP contribution is -1.88. The van der Waals surface area contributed by atoms with E-state index in [2.05, 4.69) is 4.98 Å². The average molecular weight is 186 g/mol. The molecule has 0 spiro atoms. The Hall–Kier alpha value is -0.530. The van der Waals surface area contributed by atoms with Crippen LogP contribution in [0, 0.1) is 0 Å². The van der Waals surface area contributed by atoms with Crippen LogP contribution in [0.5, 0.6) is 0 Å². The summed E-state index contributed by atoms with van der Waals surface area (Å²) in [7, 11) is 0. The van der Waals surface area contributed by atoms with Crippen LogP contribution in [0.3, 0.4) is 0 Å². The van der Waals surface area contributed by atoms with E-state index in [1.54, 1.807) is 6.07 Å². The zero-order chi connectivity index (χ0) is 7.84. The minimum absolute atomic E-state index is 0.470. The van der Waals surface area contributed by atoms with Crippen LogP contribution in [0.2, 0.25) is 10.2 Å². The maximum Gasteiger partial charge on any atom is 0.130 e. The summed E-state index contributed by atoms with van der Waals surface area (Å²) in [6.45, 7) is 0. The molecule has 0 saturated carbocycles. The molecule has 1 aliphatic carbocycles. The molecule has 0 fully saturated rings. The number of rotatable bonds is 0. The fourth-order valence-corrected chi connectivity index (χ4v) is 1.70. The summed E-state index contributed by atoms with van der Waals surface area (Å²) in [4.78, 5) is 4.13. The Morgan fingerprint density at radius 2 is 2.18 bits per heavy atom. The van der Waals surface area contributed by atoms with Crippen LogP contribution >= 0.6 is 23.2 Å². The number of pyridine rings is 1. The van der Waals surface area contributed by atoms with E-state index in [4.69, 9.17) is 23.2 Å². The summed E-state index contributed by atoms with van der Waals surface area (Å²) in [6, 6.07) is 1.66. The number of fused-ring (bicyclic) bond motifs is 1. The van der Waals surface area contributed by atoms with Crippen LogP contribution in [-0.4, -0.2) is 4.98 Å². The van der Waals surface area contributed by atoms with Gasteiger partial charge in [-0.25, -0.2) is 4.98 Å². The Balaban J connectivity index is 2.67. The largest absolute Gasteiger partial charge is 0.240 e. The van der Waals surface area contributed by atoms with Crippen LogP contribution < -0.4 is 0 Å². The molecular formula is C8H5Cl2N. The summed E-state index contributed by atoms with van der Waals surface area (Å²) in [6.07, 6.45) is 4.84. The first-order valence-corrected chi connectivity index (χ1v) is 4.04. The fourth-order valence-electron chi connectivity index (χ4n) is 1.16. The van der Waals surface area contributed by atoms with Gasteiger partial charge in [0, 0.05) is 12.0 Å².